The summed E-state index contributed by atoms with van der Waals surface area (Å²) in [6.45, 7) is 0. The third kappa shape index (κ3) is 6.76. The molecule has 32 heavy (non-hydrogen) atoms. The van der Waals surface area contributed by atoms with E-state index in [1.54, 1.807) is 24.3 Å². The van der Waals surface area contributed by atoms with Gasteiger partial charge in [-0.15, -0.1) is 11.8 Å². The lowest BCUT2D eigenvalue weighted by molar-refractivity contribution is -0.114. The Hall–Kier alpha value is -3.49. The number of anilines is 2. The van der Waals surface area contributed by atoms with Crippen molar-refractivity contribution in [1.82, 2.24) is 0 Å². The number of para-hydroxylation sites is 3. The van der Waals surface area contributed by atoms with Gasteiger partial charge in [0.2, 0.25) is 11.8 Å². The van der Waals surface area contributed by atoms with Gasteiger partial charge in [0.05, 0.1) is 28.4 Å². The van der Waals surface area contributed by atoms with E-state index in [0.29, 0.717) is 17.2 Å². The summed E-state index contributed by atoms with van der Waals surface area (Å²) in [6.07, 6.45) is 0. The molecule has 0 aliphatic heterocycles. The predicted molar refractivity (Wildman–Crippen MR) is 126 cm³/mol. The first kappa shape index (κ1) is 23.2. The number of benzene rings is 3. The fourth-order valence-electron chi connectivity index (χ4n) is 2.69. The summed E-state index contributed by atoms with van der Waals surface area (Å²) in [4.78, 5) is 35.8. The minimum absolute atomic E-state index is 0.0273. The number of hydrogen-bond donors (Lipinski definition) is 3. The quantitative estimate of drug-likeness (QED) is 0.400. The maximum atomic E-state index is 12.3. The van der Waals surface area contributed by atoms with Crippen molar-refractivity contribution in [3.63, 3.8) is 0 Å². The largest absolute Gasteiger partial charge is 0.478 e. The molecule has 3 rings (SSSR count). The van der Waals surface area contributed by atoms with Gasteiger partial charge in [-0.05, 0) is 42.5 Å². The van der Waals surface area contributed by atoms with E-state index in [-0.39, 0.29) is 33.7 Å². The minimum atomic E-state index is -1.20. The zero-order valence-corrected chi connectivity index (χ0v) is 18.3. The molecular weight excluding hydrogens is 452 g/mol. The van der Waals surface area contributed by atoms with Crippen molar-refractivity contribution in [2.75, 3.05) is 22.1 Å². The summed E-state index contributed by atoms with van der Waals surface area (Å²) >= 11 is 6.90. The maximum Gasteiger partial charge on any atom is 0.337 e. The number of ether oxygens (including phenoxy) is 1. The van der Waals surface area contributed by atoms with Gasteiger partial charge in [-0.3, -0.25) is 9.59 Å². The molecule has 0 bridgehead atoms. The van der Waals surface area contributed by atoms with Crippen molar-refractivity contribution in [2.45, 2.75) is 0 Å². The average molecular weight is 471 g/mol. The molecule has 0 fully saturated rings. The number of amides is 2. The average Bonchev–Trinajstić information content (AvgIpc) is 2.77. The normalized spacial score (nSPS) is 10.3. The lowest BCUT2D eigenvalue weighted by Crippen LogP contribution is -2.19. The SMILES string of the molecule is O=C(CSCC(=O)Nc1ccc(Cl)cc1C(=O)O)Nc1ccccc1Oc1ccccc1. The zero-order valence-electron chi connectivity index (χ0n) is 16.7. The van der Waals surface area contributed by atoms with Crippen molar-refractivity contribution in [1.29, 1.82) is 0 Å². The van der Waals surface area contributed by atoms with Crippen LogP contribution in [0.15, 0.2) is 72.8 Å². The van der Waals surface area contributed by atoms with Crippen molar-refractivity contribution in [3.05, 3.63) is 83.4 Å². The molecule has 0 saturated heterocycles. The van der Waals surface area contributed by atoms with Crippen LogP contribution in [0.1, 0.15) is 10.4 Å². The summed E-state index contributed by atoms with van der Waals surface area (Å²) in [5.41, 5.74) is 0.547. The van der Waals surface area contributed by atoms with Crippen LogP contribution in [0.3, 0.4) is 0 Å². The fourth-order valence-corrected chi connectivity index (χ4v) is 3.48. The highest BCUT2D eigenvalue weighted by Gasteiger charge is 2.14. The lowest BCUT2D eigenvalue weighted by atomic mass is 10.2. The summed E-state index contributed by atoms with van der Waals surface area (Å²) in [5, 5.41) is 14.8. The summed E-state index contributed by atoms with van der Waals surface area (Å²) in [5.74, 6) is -0.797. The number of carboxylic acid groups (broad SMARTS) is 1. The van der Waals surface area contributed by atoms with Gasteiger partial charge in [0.15, 0.2) is 5.75 Å². The summed E-state index contributed by atoms with van der Waals surface area (Å²) in [6, 6.07) is 20.4. The Kier molecular flexibility index (Phi) is 8.13. The second-order valence-corrected chi connectivity index (χ2v) is 7.92. The number of carbonyl (C=O) groups is 3. The minimum Gasteiger partial charge on any atom is -0.478 e. The Morgan fingerprint density at radius 3 is 2.16 bits per heavy atom. The van der Waals surface area contributed by atoms with Crippen molar-refractivity contribution in [3.8, 4) is 11.5 Å². The van der Waals surface area contributed by atoms with Crippen LogP contribution in [0.4, 0.5) is 11.4 Å². The first-order valence-electron chi connectivity index (χ1n) is 9.44. The molecule has 0 aliphatic rings. The van der Waals surface area contributed by atoms with Gasteiger partial charge in [0, 0.05) is 5.02 Å². The second-order valence-electron chi connectivity index (χ2n) is 6.50. The number of rotatable bonds is 9. The molecule has 3 N–H and O–H groups in total. The highest BCUT2D eigenvalue weighted by molar-refractivity contribution is 8.00. The highest BCUT2D eigenvalue weighted by atomic mass is 35.5. The van der Waals surface area contributed by atoms with Gasteiger partial charge >= 0.3 is 5.97 Å². The van der Waals surface area contributed by atoms with E-state index in [2.05, 4.69) is 10.6 Å². The standard InChI is InChI=1S/C23H19ClN2O5S/c24-15-10-11-18(17(12-15)23(29)30)25-21(27)13-32-14-22(28)26-19-8-4-5-9-20(19)31-16-6-2-1-3-7-16/h1-12H,13-14H2,(H,25,27)(H,26,28)(H,29,30). The predicted octanol–water partition coefficient (Wildman–Crippen LogP) is 5.14. The van der Waals surface area contributed by atoms with E-state index in [1.807, 2.05) is 30.3 Å². The van der Waals surface area contributed by atoms with E-state index in [0.717, 1.165) is 11.8 Å². The fraction of sp³-hybridized carbons (Fsp3) is 0.0870. The molecule has 0 aliphatic carbocycles. The van der Waals surface area contributed by atoms with Gasteiger partial charge in [-0.2, -0.15) is 0 Å². The monoisotopic (exact) mass is 470 g/mol. The Morgan fingerprint density at radius 2 is 1.47 bits per heavy atom. The van der Waals surface area contributed by atoms with E-state index >= 15 is 0 Å². The van der Waals surface area contributed by atoms with E-state index in [1.165, 1.54) is 18.2 Å². The first-order valence-corrected chi connectivity index (χ1v) is 11.0. The van der Waals surface area contributed by atoms with Gasteiger partial charge in [0.25, 0.3) is 0 Å². The van der Waals surface area contributed by atoms with Crippen molar-refractivity contribution >= 4 is 52.5 Å². The van der Waals surface area contributed by atoms with Crippen LogP contribution in [0.2, 0.25) is 5.02 Å². The molecule has 7 nitrogen and oxygen atoms in total. The maximum absolute atomic E-state index is 12.3. The molecule has 0 atom stereocenters. The van der Waals surface area contributed by atoms with Gasteiger partial charge in [0.1, 0.15) is 5.75 Å². The molecule has 0 unspecified atom stereocenters. The Labute approximate surface area is 193 Å². The molecule has 0 radical (unpaired) electrons. The number of carboxylic acids is 1. The molecule has 164 valence electrons. The second kappa shape index (κ2) is 11.2. The van der Waals surface area contributed by atoms with E-state index in [4.69, 9.17) is 16.3 Å². The smallest absolute Gasteiger partial charge is 0.337 e. The molecule has 3 aromatic rings. The van der Waals surface area contributed by atoms with Crippen LogP contribution in [0.5, 0.6) is 11.5 Å². The summed E-state index contributed by atoms with van der Waals surface area (Å²) < 4.78 is 5.82. The van der Waals surface area contributed by atoms with Gasteiger partial charge in [-0.1, -0.05) is 41.9 Å². The van der Waals surface area contributed by atoms with E-state index in [9.17, 15) is 19.5 Å². The summed E-state index contributed by atoms with van der Waals surface area (Å²) in [7, 11) is 0. The first-order chi connectivity index (χ1) is 15.4. The molecule has 0 saturated carbocycles. The van der Waals surface area contributed by atoms with Crippen LogP contribution in [-0.2, 0) is 9.59 Å². The number of aromatic carboxylic acids is 1. The van der Waals surface area contributed by atoms with Crippen molar-refractivity contribution < 1.29 is 24.2 Å². The van der Waals surface area contributed by atoms with Crippen molar-refractivity contribution in [2.24, 2.45) is 0 Å². The molecule has 3 aromatic carbocycles. The Bertz CT molecular complexity index is 1120. The molecular formula is C23H19ClN2O5S. The highest BCUT2D eigenvalue weighted by Crippen LogP contribution is 2.29. The molecule has 9 heteroatoms. The third-order valence-electron chi connectivity index (χ3n) is 4.08. The number of thioether (sulfide) groups is 1. The van der Waals surface area contributed by atoms with Gasteiger partial charge < -0.3 is 20.5 Å². The Balaban J connectivity index is 1.51. The number of nitrogens with one attached hydrogen (secondary N) is 2. The molecule has 2 amide bonds. The van der Waals surface area contributed by atoms with Gasteiger partial charge in [-0.25, -0.2) is 4.79 Å². The lowest BCUT2D eigenvalue weighted by Gasteiger charge is -2.12. The molecule has 0 aromatic heterocycles. The third-order valence-corrected chi connectivity index (χ3v) is 5.25. The van der Waals surface area contributed by atoms with Crippen LogP contribution >= 0.6 is 23.4 Å². The van der Waals surface area contributed by atoms with Crippen LogP contribution in [-0.4, -0.2) is 34.4 Å². The van der Waals surface area contributed by atoms with E-state index < -0.39 is 11.9 Å². The van der Waals surface area contributed by atoms with Crippen LogP contribution in [0.25, 0.3) is 0 Å². The molecule has 0 spiro atoms. The number of halogens is 1. The number of carbonyl (C=O) groups excluding carboxylic acids is 2. The van der Waals surface area contributed by atoms with Crippen LogP contribution in [0, 0.1) is 0 Å². The van der Waals surface area contributed by atoms with Crippen LogP contribution < -0.4 is 15.4 Å². The molecule has 0 heterocycles. The number of hydrogen-bond acceptors (Lipinski definition) is 5. The Morgan fingerprint density at radius 1 is 0.844 bits per heavy atom. The topological polar surface area (TPSA) is 105 Å². The zero-order chi connectivity index (χ0) is 22.9.